The average molecular weight is 261 g/mol. The van der Waals surface area contributed by atoms with Crippen molar-refractivity contribution in [3.05, 3.63) is 35.4 Å². The molecule has 1 N–H and O–H groups in total. The summed E-state index contributed by atoms with van der Waals surface area (Å²) in [6.07, 6.45) is 0.375. The number of carboxylic acids is 1. The summed E-state index contributed by atoms with van der Waals surface area (Å²) >= 11 is 0. The van der Waals surface area contributed by atoms with Crippen LogP contribution in [0.1, 0.15) is 24.0 Å². The molecule has 2 rings (SSSR count). The molecule has 1 aliphatic heterocycles. The number of aliphatic carboxylic acids is 1. The van der Waals surface area contributed by atoms with Crippen LogP contribution in [0.3, 0.4) is 0 Å². The number of hydrogen-bond acceptors (Lipinski definition) is 3. The van der Waals surface area contributed by atoms with Crippen molar-refractivity contribution in [3.8, 4) is 0 Å². The van der Waals surface area contributed by atoms with E-state index in [0.717, 1.165) is 16.0 Å². The highest BCUT2D eigenvalue weighted by Crippen LogP contribution is 2.20. The van der Waals surface area contributed by atoms with Crippen LogP contribution in [0.5, 0.6) is 0 Å². The van der Waals surface area contributed by atoms with Gasteiger partial charge >= 0.3 is 5.97 Å². The Morgan fingerprint density at radius 3 is 2.53 bits per heavy atom. The summed E-state index contributed by atoms with van der Waals surface area (Å²) in [6, 6.07) is 6.37. The molecular weight excluding hydrogens is 246 g/mol. The van der Waals surface area contributed by atoms with Crippen molar-refractivity contribution in [2.75, 3.05) is 0 Å². The van der Waals surface area contributed by atoms with E-state index in [1.165, 1.54) is 0 Å². The molecule has 1 heterocycles. The molecule has 5 heteroatoms. The summed E-state index contributed by atoms with van der Waals surface area (Å²) in [6.45, 7) is 1.94. The van der Waals surface area contributed by atoms with Crippen LogP contribution in [0.25, 0.3) is 0 Å². The number of hydrogen-bond donors (Lipinski definition) is 1. The van der Waals surface area contributed by atoms with Gasteiger partial charge in [-0.2, -0.15) is 0 Å². The van der Waals surface area contributed by atoms with Crippen LogP contribution in [0.4, 0.5) is 0 Å². The average Bonchev–Trinajstić information content (AvgIpc) is 2.74. The lowest BCUT2D eigenvalue weighted by atomic mass is 10.1. The highest BCUT2D eigenvalue weighted by atomic mass is 16.4. The molecule has 0 radical (unpaired) electrons. The maximum Gasteiger partial charge on any atom is 0.326 e. The van der Waals surface area contributed by atoms with E-state index in [0.29, 0.717) is 0 Å². The summed E-state index contributed by atoms with van der Waals surface area (Å²) in [7, 11) is 0. The van der Waals surface area contributed by atoms with Crippen LogP contribution >= 0.6 is 0 Å². The van der Waals surface area contributed by atoms with Gasteiger partial charge < -0.3 is 5.11 Å². The largest absolute Gasteiger partial charge is 0.480 e. The topological polar surface area (TPSA) is 74.7 Å². The van der Waals surface area contributed by atoms with E-state index in [2.05, 4.69) is 0 Å². The van der Waals surface area contributed by atoms with Gasteiger partial charge in [-0.15, -0.1) is 0 Å². The van der Waals surface area contributed by atoms with Gasteiger partial charge in [0.25, 0.3) is 0 Å². The molecule has 0 bridgehead atoms. The molecule has 5 nitrogen and oxygen atoms in total. The van der Waals surface area contributed by atoms with Crippen LogP contribution in [0.15, 0.2) is 24.3 Å². The zero-order valence-electron chi connectivity index (χ0n) is 10.6. The molecule has 1 aromatic rings. The molecule has 1 aliphatic rings. The van der Waals surface area contributed by atoms with Gasteiger partial charge in [0.05, 0.1) is 6.42 Å². The highest BCUT2D eigenvalue weighted by molar-refractivity contribution is 6.02. The third-order valence-corrected chi connectivity index (χ3v) is 3.24. The number of benzene rings is 1. The van der Waals surface area contributed by atoms with Gasteiger partial charge in [0, 0.05) is 6.42 Å². The molecule has 0 spiro atoms. The second-order valence-electron chi connectivity index (χ2n) is 4.71. The first kappa shape index (κ1) is 13.3. The van der Waals surface area contributed by atoms with Gasteiger partial charge in [-0.1, -0.05) is 29.8 Å². The first-order valence-corrected chi connectivity index (χ1v) is 6.12. The lowest BCUT2D eigenvalue weighted by Crippen LogP contribution is -2.43. The molecule has 0 saturated carbocycles. The number of nitrogens with zero attached hydrogens (tertiary/aromatic N) is 1. The fourth-order valence-corrected chi connectivity index (χ4v) is 2.20. The van der Waals surface area contributed by atoms with Crippen molar-refractivity contribution >= 4 is 17.8 Å². The number of imide groups is 1. The Labute approximate surface area is 110 Å². The lowest BCUT2D eigenvalue weighted by molar-refractivity contribution is -0.153. The van der Waals surface area contributed by atoms with Crippen molar-refractivity contribution in [2.24, 2.45) is 0 Å². The zero-order valence-corrected chi connectivity index (χ0v) is 10.6. The fourth-order valence-electron chi connectivity index (χ4n) is 2.20. The Balaban J connectivity index is 2.12. The van der Waals surface area contributed by atoms with E-state index >= 15 is 0 Å². The zero-order chi connectivity index (χ0) is 14.0. The van der Waals surface area contributed by atoms with Crippen molar-refractivity contribution in [1.82, 2.24) is 4.90 Å². The second-order valence-corrected chi connectivity index (χ2v) is 4.71. The van der Waals surface area contributed by atoms with E-state index in [1.54, 1.807) is 0 Å². The lowest BCUT2D eigenvalue weighted by Gasteiger charge is -2.19. The Bertz CT molecular complexity index is 521. The second kappa shape index (κ2) is 5.22. The van der Waals surface area contributed by atoms with Crippen LogP contribution in [-0.2, 0) is 20.8 Å². The molecule has 19 heavy (non-hydrogen) atoms. The van der Waals surface area contributed by atoms with Gasteiger partial charge in [-0.25, -0.2) is 4.79 Å². The van der Waals surface area contributed by atoms with Gasteiger partial charge in [-0.3, -0.25) is 14.5 Å². The summed E-state index contributed by atoms with van der Waals surface area (Å²) in [4.78, 5) is 35.6. The predicted octanol–water partition coefficient (Wildman–Crippen LogP) is 1.14. The smallest absolute Gasteiger partial charge is 0.326 e. The first-order chi connectivity index (χ1) is 8.99. The van der Waals surface area contributed by atoms with Crippen LogP contribution in [0.2, 0.25) is 0 Å². The summed E-state index contributed by atoms with van der Waals surface area (Å²) < 4.78 is 0. The summed E-state index contributed by atoms with van der Waals surface area (Å²) in [5.74, 6) is -1.97. The fraction of sp³-hybridized carbons (Fsp3) is 0.357. The summed E-state index contributed by atoms with van der Waals surface area (Å²) in [5, 5.41) is 9.01. The molecule has 1 saturated heterocycles. The Morgan fingerprint density at radius 2 is 1.95 bits per heavy atom. The molecule has 1 unspecified atom stereocenters. The molecular formula is C14H15NO4. The molecule has 0 aliphatic carbocycles. The van der Waals surface area contributed by atoms with E-state index in [9.17, 15) is 14.4 Å². The Morgan fingerprint density at radius 1 is 1.32 bits per heavy atom. The molecule has 1 fully saturated rings. The molecule has 2 amide bonds. The van der Waals surface area contributed by atoms with Crippen molar-refractivity contribution in [2.45, 2.75) is 32.2 Å². The highest BCUT2D eigenvalue weighted by Gasteiger charge is 2.39. The van der Waals surface area contributed by atoms with Gasteiger partial charge in [0.2, 0.25) is 11.8 Å². The predicted molar refractivity (Wildman–Crippen MR) is 67.4 cm³/mol. The molecule has 1 atom stereocenters. The van der Waals surface area contributed by atoms with E-state index < -0.39 is 23.8 Å². The maximum absolute atomic E-state index is 12.1. The minimum Gasteiger partial charge on any atom is -0.480 e. The van der Waals surface area contributed by atoms with Crippen LogP contribution in [-0.4, -0.2) is 33.8 Å². The Kier molecular flexibility index (Phi) is 3.64. The number of amides is 2. The van der Waals surface area contributed by atoms with Crippen LogP contribution in [0, 0.1) is 6.92 Å². The maximum atomic E-state index is 12.1. The number of likely N-dealkylation sites (tertiary alicyclic amines) is 1. The molecule has 1 aromatic carbocycles. The number of carbonyl (C=O) groups is 3. The van der Waals surface area contributed by atoms with Gasteiger partial charge in [-0.05, 0) is 18.9 Å². The van der Waals surface area contributed by atoms with Crippen molar-refractivity contribution in [1.29, 1.82) is 0 Å². The SMILES string of the molecule is Cc1ccc(CC(=O)N2C(=O)CCC2C(=O)O)cc1. The minimum absolute atomic E-state index is 0.0514. The van der Waals surface area contributed by atoms with E-state index in [1.807, 2.05) is 31.2 Å². The van der Waals surface area contributed by atoms with E-state index in [-0.39, 0.29) is 19.3 Å². The third kappa shape index (κ3) is 2.81. The minimum atomic E-state index is -1.12. The van der Waals surface area contributed by atoms with Crippen LogP contribution < -0.4 is 0 Å². The standard InChI is InChI=1S/C14H15NO4/c1-9-2-4-10(5-3-9)8-13(17)15-11(14(18)19)6-7-12(15)16/h2-5,11H,6-8H2,1H3,(H,18,19). The number of carboxylic acid groups (broad SMARTS) is 1. The van der Waals surface area contributed by atoms with Crippen molar-refractivity contribution in [3.63, 3.8) is 0 Å². The van der Waals surface area contributed by atoms with Gasteiger partial charge in [0.15, 0.2) is 0 Å². The first-order valence-electron chi connectivity index (χ1n) is 6.12. The number of carbonyl (C=O) groups excluding carboxylic acids is 2. The summed E-state index contributed by atoms with van der Waals surface area (Å²) in [5.41, 5.74) is 1.86. The van der Waals surface area contributed by atoms with E-state index in [4.69, 9.17) is 5.11 Å². The Hall–Kier alpha value is -2.17. The molecule has 0 aromatic heterocycles. The number of rotatable bonds is 3. The van der Waals surface area contributed by atoms with Crippen molar-refractivity contribution < 1.29 is 19.5 Å². The monoisotopic (exact) mass is 261 g/mol. The molecule has 100 valence electrons. The quantitative estimate of drug-likeness (QED) is 0.885. The normalized spacial score (nSPS) is 18.7. The third-order valence-electron chi connectivity index (χ3n) is 3.24. The van der Waals surface area contributed by atoms with Gasteiger partial charge in [0.1, 0.15) is 6.04 Å². The number of aryl methyl sites for hydroxylation is 1.